The lowest BCUT2D eigenvalue weighted by Gasteiger charge is -2.28. The number of amides is 1. The quantitative estimate of drug-likeness (QED) is 0.292. The minimum absolute atomic E-state index is 0.0728. The highest BCUT2D eigenvalue weighted by Gasteiger charge is 2.45. The molecule has 3 aromatic rings. The average molecular weight is 511 g/mol. The fourth-order valence-corrected chi connectivity index (χ4v) is 4.11. The Hall–Kier alpha value is -3.09. The van der Waals surface area contributed by atoms with E-state index in [0.29, 0.717) is 21.8 Å². The number of nitrogens with zero attached hydrogens (tertiary/aromatic N) is 2. The predicted octanol–water partition coefficient (Wildman–Crippen LogP) is 4.60. The first-order chi connectivity index (χ1) is 15.3. The van der Waals surface area contributed by atoms with Crippen molar-refractivity contribution in [3.05, 3.63) is 99.0 Å². The molecule has 1 fully saturated rings. The summed E-state index contributed by atoms with van der Waals surface area (Å²) >= 11 is 9.36. The van der Waals surface area contributed by atoms with E-state index in [0.717, 1.165) is 10.2 Å². The molecule has 7 heteroatoms. The van der Waals surface area contributed by atoms with E-state index in [2.05, 4.69) is 15.9 Å². The monoisotopic (exact) mass is 509 g/mol. The van der Waals surface area contributed by atoms with Crippen LogP contribution in [-0.2, 0) is 9.59 Å². The number of anilines is 2. The molecule has 32 heavy (non-hydrogen) atoms. The highest BCUT2D eigenvalue weighted by Crippen LogP contribution is 2.42. The van der Waals surface area contributed by atoms with Crippen molar-refractivity contribution in [1.29, 1.82) is 0 Å². The van der Waals surface area contributed by atoms with Crippen molar-refractivity contribution in [2.45, 2.75) is 6.04 Å². The van der Waals surface area contributed by atoms with Crippen LogP contribution in [0.4, 0.5) is 11.4 Å². The van der Waals surface area contributed by atoms with Gasteiger partial charge in [-0.2, -0.15) is 0 Å². The van der Waals surface area contributed by atoms with E-state index in [9.17, 15) is 14.7 Å². The van der Waals surface area contributed by atoms with Crippen molar-refractivity contribution in [2.75, 3.05) is 23.9 Å². The van der Waals surface area contributed by atoms with Crippen LogP contribution >= 0.6 is 27.5 Å². The third-order valence-electron chi connectivity index (χ3n) is 5.37. The summed E-state index contributed by atoms with van der Waals surface area (Å²) in [6.45, 7) is 0. The molecule has 0 aromatic heterocycles. The molecule has 3 aromatic carbocycles. The van der Waals surface area contributed by atoms with Gasteiger partial charge in [-0.1, -0.05) is 57.6 Å². The number of rotatable bonds is 4. The predicted molar refractivity (Wildman–Crippen MR) is 129 cm³/mol. The molecule has 1 aliphatic heterocycles. The Morgan fingerprint density at radius 1 is 0.938 bits per heavy atom. The fourth-order valence-electron chi connectivity index (χ4n) is 3.72. The molecule has 1 saturated heterocycles. The van der Waals surface area contributed by atoms with Crippen LogP contribution in [0.25, 0.3) is 5.76 Å². The largest absolute Gasteiger partial charge is 0.872 e. The molecule has 1 atom stereocenters. The van der Waals surface area contributed by atoms with Crippen LogP contribution in [0.3, 0.4) is 0 Å². The number of carbonyl (C=O) groups excluding carboxylic acids is 2. The van der Waals surface area contributed by atoms with Crippen molar-refractivity contribution in [3.63, 3.8) is 0 Å². The van der Waals surface area contributed by atoms with Crippen molar-refractivity contribution < 1.29 is 14.7 Å². The molecule has 0 aliphatic carbocycles. The molecule has 0 bridgehead atoms. The van der Waals surface area contributed by atoms with Gasteiger partial charge in [-0.15, -0.1) is 0 Å². The maximum atomic E-state index is 13.4. The molecule has 162 valence electrons. The number of Topliss-reactive ketones (excluding diaryl/α,β-unsaturated/α-hetero) is 1. The van der Waals surface area contributed by atoms with Crippen LogP contribution in [0.1, 0.15) is 17.2 Å². The Balaban J connectivity index is 1.90. The van der Waals surface area contributed by atoms with E-state index < -0.39 is 23.5 Å². The minimum Gasteiger partial charge on any atom is -0.872 e. The number of benzene rings is 3. The summed E-state index contributed by atoms with van der Waals surface area (Å²) in [4.78, 5) is 29.6. The molecule has 1 aliphatic rings. The van der Waals surface area contributed by atoms with E-state index in [1.54, 1.807) is 48.5 Å². The van der Waals surface area contributed by atoms with E-state index in [1.807, 2.05) is 43.3 Å². The van der Waals surface area contributed by atoms with Crippen LogP contribution in [0.2, 0.25) is 5.02 Å². The van der Waals surface area contributed by atoms with Gasteiger partial charge in [-0.25, -0.2) is 0 Å². The van der Waals surface area contributed by atoms with Gasteiger partial charge >= 0.3 is 0 Å². The summed E-state index contributed by atoms with van der Waals surface area (Å²) in [7, 11) is 3.83. The van der Waals surface area contributed by atoms with Gasteiger partial charge in [0, 0.05) is 40.5 Å². The number of halogens is 2. The second kappa shape index (κ2) is 8.81. The van der Waals surface area contributed by atoms with Gasteiger partial charge in [0.15, 0.2) is 0 Å². The summed E-state index contributed by atoms with van der Waals surface area (Å²) in [6, 6.07) is 20.0. The molecule has 5 nitrogen and oxygen atoms in total. The fraction of sp³-hybridized carbons (Fsp3) is 0.120. The van der Waals surface area contributed by atoms with Crippen LogP contribution < -0.4 is 14.9 Å². The van der Waals surface area contributed by atoms with Gasteiger partial charge < -0.3 is 10.0 Å². The van der Waals surface area contributed by atoms with Gasteiger partial charge in [0.1, 0.15) is 0 Å². The Morgan fingerprint density at radius 2 is 1.53 bits per heavy atom. The Morgan fingerprint density at radius 3 is 2.09 bits per heavy atom. The SMILES string of the molecule is CN(C)c1ccc(N2C(=O)C(=O)C(=C([O-])c3ccc(Cl)cc3)C2c2ccc(Br)cc2)cc1. The highest BCUT2D eigenvalue weighted by molar-refractivity contribution is 9.10. The van der Waals surface area contributed by atoms with Crippen LogP contribution in [0.15, 0.2) is 82.8 Å². The first-order valence-corrected chi connectivity index (χ1v) is 11.0. The van der Waals surface area contributed by atoms with Gasteiger partial charge in [0.25, 0.3) is 5.91 Å². The van der Waals surface area contributed by atoms with Gasteiger partial charge in [0.2, 0.25) is 5.78 Å². The topological polar surface area (TPSA) is 63.7 Å². The summed E-state index contributed by atoms with van der Waals surface area (Å²) in [6.07, 6.45) is 0. The molecule has 4 rings (SSSR count). The van der Waals surface area contributed by atoms with E-state index in [4.69, 9.17) is 11.6 Å². The molecule has 1 heterocycles. The molecule has 0 N–H and O–H groups in total. The van der Waals surface area contributed by atoms with Crippen LogP contribution in [0.5, 0.6) is 0 Å². The van der Waals surface area contributed by atoms with Crippen molar-refractivity contribution >= 4 is 56.4 Å². The lowest BCUT2D eigenvalue weighted by Crippen LogP contribution is -2.29. The third-order valence-corrected chi connectivity index (χ3v) is 6.15. The maximum Gasteiger partial charge on any atom is 0.299 e. The van der Waals surface area contributed by atoms with Gasteiger partial charge in [0.05, 0.1) is 6.04 Å². The van der Waals surface area contributed by atoms with Crippen LogP contribution in [-0.4, -0.2) is 25.8 Å². The number of hydrogen-bond acceptors (Lipinski definition) is 4. The first-order valence-electron chi connectivity index (χ1n) is 9.86. The van der Waals surface area contributed by atoms with E-state index >= 15 is 0 Å². The van der Waals surface area contributed by atoms with Gasteiger partial charge in [-0.3, -0.25) is 14.5 Å². The lowest BCUT2D eigenvalue weighted by atomic mass is 9.95. The first kappa shape index (κ1) is 22.1. The highest BCUT2D eigenvalue weighted by atomic mass is 79.9. The second-order valence-electron chi connectivity index (χ2n) is 7.62. The molecular weight excluding hydrogens is 492 g/mol. The standard InChI is InChI=1S/C25H20BrClN2O3/c1-28(2)19-11-13-20(14-12-19)29-22(15-3-7-17(26)8-4-15)21(24(31)25(29)32)23(30)16-5-9-18(27)10-6-16/h3-14,22,30H,1-2H3/p-1. The molecule has 1 unspecified atom stereocenters. The molecule has 0 radical (unpaired) electrons. The summed E-state index contributed by atoms with van der Waals surface area (Å²) in [5.41, 5.74) is 2.39. The molecular formula is C25H19BrClN2O3-. The van der Waals surface area contributed by atoms with Crippen molar-refractivity contribution in [2.24, 2.45) is 0 Å². The second-order valence-corrected chi connectivity index (χ2v) is 8.97. The molecule has 0 spiro atoms. The molecule has 0 saturated carbocycles. The maximum absolute atomic E-state index is 13.4. The zero-order chi connectivity index (χ0) is 23.0. The smallest absolute Gasteiger partial charge is 0.299 e. The van der Waals surface area contributed by atoms with Crippen molar-refractivity contribution in [1.82, 2.24) is 0 Å². The van der Waals surface area contributed by atoms with Crippen molar-refractivity contribution in [3.8, 4) is 0 Å². The normalized spacial score (nSPS) is 17.6. The Labute approximate surface area is 199 Å². The third kappa shape index (κ3) is 4.04. The Kier molecular flexibility index (Phi) is 6.09. The van der Waals surface area contributed by atoms with Crippen LogP contribution in [0, 0.1) is 0 Å². The Bertz CT molecular complexity index is 1200. The summed E-state index contributed by atoms with van der Waals surface area (Å²) < 4.78 is 0.851. The number of hydrogen-bond donors (Lipinski definition) is 0. The average Bonchev–Trinajstić information content (AvgIpc) is 3.05. The minimum atomic E-state index is -0.837. The van der Waals surface area contributed by atoms with E-state index in [-0.39, 0.29) is 5.57 Å². The van der Waals surface area contributed by atoms with Gasteiger partial charge in [-0.05, 0) is 59.7 Å². The summed E-state index contributed by atoms with van der Waals surface area (Å²) in [5, 5.41) is 13.9. The zero-order valence-electron chi connectivity index (χ0n) is 17.4. The molecule has 1 amide bonds. The van der Waals surface area contributed by atoms with E-state index in [1.165, 1.54) is 4.90 Å². The lowest BCUT2D eigenvalue weighted by molar-refractivity contribution is -0.245. The number of carbonyl (C=O) groups is 2. The number of ketones is 1. The zero-order valence-corrected chi connectivity index (χ0v) is 19.7. The summed E-state index contributed by atoms with van der Waals surface area (Å²) in [5.74, 6) is -2.01.